The van der Waals surface area contributed by atoms with E-state index in [2.05, 4.69) is 0 Å². The molecule has 0 aromatic heterocycles. The monoisotopic (exact) mass is 278 g/mol. The van der Waals surface area contributed by atoms with E-state index in [0.717, 1.165) is 5.69 Å². The van der Waals surface area contributed by atoms with Crippen LogP contribution in [0, 0.1) is 11.6 Å². The van der Waals surface area contributed by atoms with Gasteiger partial charge in [-0.05, 0) is 24.3 Å². The standard InChI is InChI=1S/C15H16F2N2O/c1-19(2)10-6-7-14(18)15(8-10)20-9-11-12(16)4-3-5-13(11)17/h3-8H,9,18H2,1-2H3. The summed E-state index contributed by atoms with van der Waals surface area (Å²) in [5.41, 5.74) is 7.01. The van der Waals surface area contributed by atoms with Gasteiger partial charge >= 0.3 is 0 Å². The van der Waals surface area contributed by atoms with Crippen LogP contribution in [0.4, 0.5) is 20.2 Å². The number of ether oxygens (including phenoxy) is 1. The molecule has 0 atom stereocenters. The Balaban J connectivity index is 2.20. The maximum atomic E-state index is 13.5. The van der Waals surface area contributed by atoms with Crippen LogP contribution in [0.2, 0.25) is 0 Å². The van der Waals surface area contributed by atoms with Gasteiger partial charge < -0.3 is 15.4 Å². The molecule has 20 heavy (non-hydrogen) atoms. The number of nitrogens with zero attached hydrogens (tertiary/aromatic N) is 1. The summed E-state index contributed by atoms with van der Waals surface area (Å²) in [6.07, 6.45) is 0. The van der Waals surface area contributed by atoms with E-state index in [-0.39, 0.29) is 12.2 Å². The van der Waals surface area contributed by atoms with Crippen LogP contribution in [0.5, 0.6) is 5.75 Å². The molecule has 0 aliphatic rings. The van der Waals surface area contributed by atoms with Crippen LogP contribution in [0.1, 0.15) is 5.56 Å². The first-order valence-electron chi connectivity index (χ1n) is 6.11. The molecule has 0 saturated carbocycles. The first kappa shape index (κ1) is 14.1. The van der Waals surface area contributed by atoms with Crippen LogP contribution in [0.25, 0.3) is 0 Å². The summed E-state index contributed by atoms with van der Waals surface area (Å²) >= 11 is 0. The molecule has 0 heterocycles. The lowest BCUT2D eigenvalue weighted by molar-refractivity contribution is 0.294. The molecule has 5 heteroatoms. The van der Waals surface area contributed by atoms with Crippen LogP contribution in [0.3, 0.4) is 0 Å². The molecule has 0 aliphatic carbocycles. The van der Waals surface area contributed by atoms with Crippen molar-refractivity contribution in [1.29, 1.82) is 0 Å². The zero-order chi connectivity index (χ0) is 14.7. The van der Waals surface area contributed by atoms with Crippen molar-refractivity contribution in [3.63, 3.8) is 0 Å². The molecule has 0 aliphatic heterocycles. The van der Waals surface area contributed by atoms with Crippen molar-refractivity contribution in [1.82, 2.24) is 0 Å². The average molecular weight is 278 g/mol. The van der Waals surface area contributed by atoms with Crippen LogP contribution < -0.4 is 15.4 Å². The van der Waals surface area contributed by atoms with Crippen molar-refractivity contribution in [3.8, 4) is 5.75 Å². The average Bonchev–Trinajstić information content (AvgIpc) is 2.39. The molecular weight excluding hydrogens is 262 g/mol. The maximum Gasteiger partial charge on any atom is 0.144 e. The highest BCUT2D eigenvalue weighted by atomic mass is 19.1. The molecule has 0 amide bonds. The number of benzene rings is 2. The van der Waals surface area contributed by atoms with Crippen molar-refractivity contribution in [2.24, 2.45) is 0 Å². The minimum absolute atomic E-state index is 0.109. The topological polar surface area (TPSA) is 38.5 Å². The Kier molecular flexibility index (Phi) is 4.08. The Hall–Kier alpha value is -2.30. The van der Waals surface area contributed by atoms with Gasteiger partial charge in [-0.1, -0.05) is 6.07 Å². The quantitative estimate of drug-likeness (QED) is 0.873. The second kappa shape index (κ2) is 5.77. The van der Waals surface area contributed by atoms with Crippen LogP contribution >= 0.6 is 0 Å². The van der Waals surface area contributed by atoms with Gasteiger partial charge in [0.25, 0.3) is 0 Å². The lowest BCUT2D eigenvalue weighted by Crippen LogP contribution is -2.09. The highest BCUT2D eigenvalue weighted by Crippen LogP contribution is 2.28. The lowest BCUT2D eigenvalue weighted by atomic mass is 10.2. The largest absolute Gasteiger partial charge is 0.486 e. The summed E-state index contributed by atoms with van der Waals surface area (Å²) in [4.78, 5) is 1.88. The first-order chi connectivity index (χ1) is 9.49. The number of nitrogen functional groups attached to an aromatic ring is 1. The molecule has 0 saturated heterocycles. The molecule has 0 fully saturated rings. The summed E-state index contributed by atoms with van der Waals surface area (Å²) in [5, 5.41) is 0. The van der Waals surface area contributed by atoms with Gasteiger partial charge in [0.1, 0.15) is 24.0 Å². The molecule has 2 aromatic rings. The number of hydrogen-bond donors (Lipinski definition) is 1. The van der Waals surface area contributed by atoms with E-state index in [1.807, 2.05) is 25.1 Å². The molecule has 0 unspecified atom stereocenters. The molecule has 0 spiro atoms. The number of nitrogens with two attached hydrogens (primary N) is 1. The summed E-state index contributed by atoms with van der Waals surface area (Å²) < 4.78 is 32.4. The third-order valence-electron chi connectivity index (χ3n) is 2.95. The lowest BCUT2D eigenvalue weighted by Gasteiger charge is -2.16. The van der Waals surface area contributed by atoms with Crippen molar-refractivity contribution in [3.05, 3.63) is 53.6 Å². The van der Waals surface area contributed by atoms with Gasteiger partial charge in [0.05, 0.1) is 11.3 Å². The van der Waals surface area contributed by atoms with E-state index in [9.17, 15) is 8.78 Å². The maximum absolute atomic E-state index is 13.5. The van der Waals surface area contributed by atoms with Gasteiger partial charge in [-0.3, -0.25) is 0 Å². The molecule has 0 radical (unpaired) electrons. The molecule has 0 bridgehead atoms. The van der Waals surface area contributed by atoms with Gasteiger partial charge in [0, 0.05) is 25.8 Å². The fourth-order valence-electron chi connectivity index (χ4n) is 1.75. The predicted molar refractivity (Wildman–Crippen MR) is 75.9 cm³/mol. The Labute approximate surface area is 116 Å². The fourth-order valence-corrected chi connectivity index (χ4v) is 1.75. The highest BCUT2D eigenvalue weighted by molar-refractivity contribution is 5.61. The highest BCUT2D eigenvalue weighted by Gasteiger charge is 2.10. The molecule has 3 nitrogen and oxygen atoms in total. The van der Waals surface area contributed by atoms with Crippen molar-refractivity contribution >= 4 is 11.4 Å². The third kappa shape index (κ3) is 2.99. The Morgan fingerprint density at radius 3 is 2.35 bits per heavy atom. The molecule has 2 rings (SSSR count). The van der Waals surface area contributed by atoms with E-state index in [1.54, 1.807) is 12.1 Å². The van der Waals surface area contributed by atoms with Crippen molar-refractivity contribution in [2.75, 3.05) is 24.7 Å². The summed E-state index contributed by atoms with van der Waals surface area (Å²) in [6.45, 7) is -0.209. The van der Waals surface area contributed by atoms with Gasteiger partial charge in [-0.2, -0.15) is 0 Å². The minimum atomic E-state index is -0.632. The van der Waals surface area contributed by atoms with Gasteiger partial charge in [0.2, 0.25) is 0 Å². The van der Waals surface area contributed by atoms with Gasteiger partial charge in [-0.25, -0.2) is 8.78 Å². The predicted octanol–water partition coefficient (Wildman–Crippen LogP) is 3.19. The van der Waals surface area contributed by atoms with E-state index in [1.165, 1.54) is 18.2 Å². The zero-order valence-electron chi connectivity index (χ0n) is 11.4. The minimum Gasteiger partial charge on any atom is -0.486 e. The first-order valence-corrected chi connectivity index (χ1v) is 6.11. The van der Waals surface area contributed by atoms with Crippen LogP contribution in [0.15, 0.2) is 36.4 Å². The van der Waals surface area contributed by atoms with Gasteiger partial charge in [0.15, 0.2) is 0 Å². The Morgan fingerprint density at radius 2 is 1.75 bits per heavy atom. The summed E-state index contributed by atoms with van der Waals surface area (Å²) in [6, 6.07) is 8.97. The summed E-state index contributed by atoms with van der Waals surface area (Å²) in [5.74, 6) is -0.862. The summed E-state index contributed by atoms with van der Waals surface area (Å²) in [7, 11) is 3.76. The molecule has 2 aromatic carbocycles. The van der Waals surface area contributed by atoms with E-state index < -0.39 is 11.6 Å². The SMILES string of the molecule is CN(C)c1ccc(N)c(OCc2c(F)cccc2F)c1. The second-order valence-electron chi connectivity index (χ2n) is 4.61. The fraction of sp³-hybridized carbons (Fsp3) is 0.200. The van der Waals surface area contributed by atoms with E-state index >= 15 is 0 Å². The van der Waals surface area contributed by atoms with Crippen LogP contribution in [-0.4, -0.2) is 14.1 Å². The zero-order valence-corrected chi connectivity index (χ0v) is 11.4. The third-order valence-corrected chi connectivity index (χ3v) is 2.95. The number of rotatable bonds is 4. The molecular formula is C15H16F2N2O. The van der Waals surface area contributed by atoms with E-state index in [0.29, 0.717) is 11.4 Å². The number of hydrogen-bond acceptors (Lipinski definition) is 3. The normalized spacial score (nSPS) is 10.4. The Bertz CT molecular complexity index is 595. The van der Waals surface area contributed by atoms with Gasteiger partial charge in [-0.15, -0.1) is 0 Å². The smallest absolute Gasteiger partial charge is 0.144 e. The number of halogens is 2. The molecule has 2 N–H and O–H groups in total. The molecule has 106 valence electrons. The van der Waals surface area contributed by atoms with Crippen molar-refractivity contribution in [2.45, 2.75) is 6.61 Å². The Morgan fingerprint density at radius 1 is 1.10 bits per heavy atom. The number of anilines is 2. The van der Waals surface area contributed by atoms with E-state index in [4.69, 9.17) is 10.5 Å². The van der Waals surface area contributed by atoms with Crippen LogP contribution in [-0.2, 0) is 6.61 Å². The second-order valence-corrected chi connectivity index (χ2v) is 4.61. The van der Waals surface area contributed by atoms with Crippen molar-refractivity contribution < 1.29 is 13.5 Å².